The molecule has 2 amide bonds. The maximum Gasteiger partial charge on any atom is 0.311 e. The summed E-state index contributed by atoms with van der Waals surface area (Å²) < 4.78 is 0. The topological polar surface area (TPSA) is 49.4 Å². The summed E-state index contributed by atoms with van der Waals surface area (Å²) in [6.07, 6.45) is 2.96. The summed E-state index contributed by atoms with van der Waals surface area (Å²) in [6, 6.07) is 14.3. The predicted molar refractivity (Wildman–Crippen MR) is 95.6 cm³/mol. The molecule has 5 heteroatoms. The van der Waals surface area contributed by atoms with Crippen molar-refractivity contribution < 1.29 is 9.59 Å². The number of hydrogen-bond donors (Lipinski definition) is 1. The summed E-state index contributed by atoms with van der Waals surface area (Å²) in [7, 11) is 0. The van der Waals surface area contributed by atoms with Crippen molar-refractivity contribution in [1.82, 2.24) is 10.2 Å². The number of benzene rings is 1. The van der Waals surface area contributed by atoms with Crippen molar-refractivity contribution in [3.05, 3.63) is 58.3 Å². The third-order valence-corrected chi connectivity index (χ3v) is 5.34. The number of hydrogen-bond acceptors (Lipinski definition) is 3. The van der Waals surface area contributed by atoms with Crippen LogP contribution >= 0.6 is 11.3 Å². The van der Waals surface area contributed by atoms with E-state index in [-0.39, 0.29) is 0 Å². The number of carbonyl (C=O) groups excluding carboxylic acids is 2. The zero-order valence-electron chi connectivity index (χ0n) is 13.6. The minimum atomic E-state index is -0.495. The average molecular weight is 342 g/mol. The lowest BCUT2D eigenvalue weighted by molar-refractivity contribution is -0.146. The van der Waals surface area contributed by atoms with Gasteiger partial charge in [-0.15, -0.1) is 11.3 Å². The van der Waals surface area contributed by atoms with Crippen molar-refractivity contribution in [3.8, 4) is 0 Å². The standard InChI is InChI=1S/C19H22N2O2S/c22-18(20-14-17-7-4-12-24-17)19(23)21-10-8-16(9-11-21)13-15-5-2-1-3-6-15/h1-7,12,16H,8-11,13-14H2,(H,20,22). The van der Waals surface area contributed by atoms with Gasteiger partial charge in [0.1, 0.15) is 0 Å². The van der Waals surface area contributed by atoms with Gasteiger partial charge in [-0.2, -0.15) is 0 Å². The lowest BCUT2D eigenvalue weighted by Gasteiger charge is -2.31. The average Bonchev–Trinajstić information content (AvgIpc) is 3.14. The molecular formula is C19H22N2O2S. The van der Waals surface area contributed by atoms with E-state index in [4.69, 9.17) is 0 Å². The van der Waals surface area contributed by atoms with Crippen molar-refractivity contribution in [3.63, 3.8) is 0 Å². The fourth-order valence-corrected chi connectivity index (χ4v) is 3.73. The molecule has 2 heterocycles. The summed E-state index contributed by atoms with van der Waals surface area (Å²) in [6.45, 7) is 1.76. The molecule has 0 unspecified atom stereocenters. The van der Waals surface area contributed by atoms with Crippen molar-refractivity contribution in [1.29, 1.82) is 0 Å². The number of nitrogens with one attached hydrogen (secondary N) is 1. The highest BCUT2D eigenvalue weighted by atomic mass is 32.1. The van der Waals surface area contributed by atoms with E-state index in [9.17, 15) is 9.59 Å². The number of amides is 2. The maximum atomic E-state index is 12.2. The molecule has 0 saturated carbocycles. The molecule has 4 nitrogen and oxygen atoms in total. The van der Waals surface area contributed by atoms with Gasteiger partial charge in [-0.1, -0.05) is 36.4 Å². The van der Waals surface area contributed by atoms with E-state index in [2.05, 4.69) is 29.6 Å². The van der Waals surface area contributed by atoms with E-state index in [1.165, 1.54) is 5.56 Å². The summed E-state index contributed by atoms with van der Waals surface area (Å²) in [5, 5.41) is 4.67. The van der Waals surface area contributed by atoms with Gasteiger partial charge < -0.3 is 10.2 Å². The smallest absolute Gasteiger partial charge is 0.311 e. The molecule has 0 spiro atoms. The van der Waals surface area contributed by atoms with Gasteiger partial charge in [-0.25, -0.2) is 0 Å². The SMILES string of the molecule is O=C(NCc1cccs1)C(=O)N1CCC(Cc2ccccc2)CC1. The van der Waals surface area contributed by atoms with Crippen molar-refractivity contribution in [2.24, 2.45) is 5.92 Å². The Hall–Kier alpha value is -2.14. The molecule has 1 aromatic heterocycles. The first kappa shape index (κ1) is 16.7. The Kier molecular flexibility index (Phi) is 5.64. The highest BCUT2D eigenvalue weighted by molar-refractivity contribution is 7.09. The third-order valence-electron chi connectivity index (χ3n) is 4.47. The Morgan fingerprint density at radius 2 is 1.83 bits per heavy atom. The minimum Gasteiger partial charge on any atom is -0.343 e. The lowest BCUT2D eigenvalue weighted by Crippen LogP contribution is -2.46. The Balaban J connectivity index is 1.43. The second kappa shape index (κ2) is 8.11. The summed E-state index contributed by atoms with van der Waals surface area (Å²) in [5.74, 6) is -0.305. The first-order valence-electron chi connectivity index (χ1n) is 8.36. The normalized spacial score (nSPS) is 15.2. The highest BCUT2D eigenvalue weighted by Crippen LogP contribution is 2.21. The summed E-state index contributed by atoms with van der Waals surface area (Å²) >= 11 is 1.57. The van der Waals surface area contributed by atoms with Crippen LogP contribution in [0, 0.1) is 5.92 Å². The highest BCUT2D eigenvalue weighted by Gasteiger charge is 2.26. The minimum absolute atomic E-state index is 0.398. The Labute approximate surface area is 146 Å². The van der Waals surface area contributed by atoms with Gasteiger partial charge >= 0.3 is 11.8 Å². The molecule has 1 N–H and O–H groups in total. The molecule has 0 bridgehead atoms. The van der Waals surface area contributed by atoms with Crippen LogP contribution in [0.2, 0.25) is 0 Å². The van der Waals surface area contributed by atoms with Crippen LogP contribution in [0.5, 0.6) is 0 Å². The van der Waals surface area contributed by atoms with Gasteiger partial charge in [-0.3, -0.25) is 9.59 Å². The summed E-state index contributed by atoms with van der Waals surface area (Å²) in [5.41, 5.74) is 1.34. The largest absolute Gasteiger partial charge is 0.343 e. The van der Waals surface area contributed by atoms with Gasteiger partial charge in [0.2, 0.25) is 0 Å². The molecule has 1 saturated heterocycles. The number of nitrogens with zero attached hydrogens (tertiary/aromatic N) is 1. The monoisotopic (exact) mass is 342 g/mol. The summed E-state index contributed by atoms with van der Waals surface area (Å²) in [4.78, 5) is 27.0. The molecule has 1 fully saturated rings. The molecule has 3 rings (SSSR count). The molecule has 1 aromatic carbocycles. The number of rotatable bonds is 4. The Morgan fingerprint density at radius 3 is 2.50 bits per heavy atom. The van der Waals surface area contributed by atoms with Gasteiger partial charge in [-0.05, 0) is 42.2 Å². The second-order valence-electron chi connectivity index (χ2n) is 6.19. The molecule has 1 aliphatic heterocycles. The lowest BCUT2D eigenvalue weighted by atomic mass is 9.90. The third kappa shape index (κ3) is 4.45. The van der Waals surface area contributed by atoms with E-state index in [1.54, 1.807) is 16.2 Å². The van der Waals surface area contributed by atoms with Crippen LogP contribution in [0.15, 0.2) is 47.8 Å². The fraction of sp³-hybridized carbons (Fsp3) is 0.368. The Morgan fingerprint density at radius 1 is 1.08 bits per heavy atom. The van der Waals surface area contributed by atoms with Crippen LogP contribution in [0.1, 0.15) is 23.3 Å². The maximum absolute atomic E-state index is 12.2. The predicted octanol–water partition coefficient (Wildman–Crippen LogP) is 2.85. The van der Waals surface area contributed by atoms with Crippen LogP contribution in [0.25, 0.3) is 0 Å². The first-order valence-corrected chi connectivity index (χ1v) is 9.24. The quantitative estimate of drug-likeness (QED) is 0.869. The molecular weight excluding hydrogens is 320 g/mol. The molecule has 0 atom stereocenters. The Bertz CT molecular complexity index is 662. The van der Waals surface area contributed by atoms with Crippen molar-refractivity contribution >= 4 is 23.2 Å². The zero-order chi connectivity index (χ0) is 16.8. The molecule has 0 aliphatic carbocycles. The van der Waals surface area contributed by atoms with E-state index in [0.29, 0.717) is 25.6 Å². The number of carbonyl (C=O) groups is 2. The first-order chi connectivity index (χ1) is 11.7. The molecule has 2 aromatic rings. The van der Waals surface area contributed by atoms with Gasteiger partial charge in [0.25, 0.3) is 0 Å². The van der Waals surface area contributed by atoms with E-state index in [1.807, 2.05) is 23.6 Å². The number of piperidine rings is 1. The van der Waals surface area contributed by atoms with Crippen LogP contribution in [-0.4, -0.2) is 29.8 Å². The molecule has 1 aliphatic rings. The molecule has 126 valence electrons. The van der Waals surface area contributed by atoms with E-state index < -0.39 is 11.8 Å². The zero-order valence-corrected chi connectivity index (χ0v) is 14.4. The number of thiophene rings is 1. The van der Waals surface area contributed by atoms with Crippen molar-refractivity contribution in [2.75, 3.05) is 13.1 Å². The van der Waals surface area contributed by atoms with Crippen molar-refractivity contribution in [2.45, 2.75) is 25.8 Å². The molecule has 0 radical (unpaired) electrons. The van der Waals surface area contributed by atoms with Crippen LogP contribution in [0.4, 0.5) is 0 Å². The van der Waals surface area contributed by atoms with Gasteiger partial charge in [0, 0.05) is 18.0 Å². The van der Waals surface area contributed by atoms with Crippen LogP contribution in [-0.2, 0) is 22.6 Å². The molecule has 24 heavy (non-hydrogen) atoms. The fourth-order valence-electron chi connectivity index (χ4n) is 3.09. The van der Waals surface area contributed by atoms with Gasteiger partial charge in [0.05, 0.1) is 6.54 Å². The van der Waals surface area contributed by atoms with E-state index in [0.717, 1.165) is 24.1 Å². The van der Waals surface area contributed by atoms with Gasteiger partial charge in [0.15, 0.2) is 0 Å². The van der Waals surface area contributed by atoms with Crippen LogP contribution in [0.3, 0.4) is 0 Å². The van der Waals surface area contributed by atoms with Crippen LogP contribution < -0.4 is 5.32 Å². The second-order valence-corrected chi connectivity index (χ2v) is 7.22. The number of likely N-dealkylation sites (tertiary alicyclic amines) is 1. The van der Waals surface area contributed by atoms with E-state index >= 15 is 0 Å².